The van der Waals surface area contributed by atoms with Gasteiger partial charge in [-0.1, -0.05) is 12.1 Å². The molecule has 4 heteroatoms. The lowest BCUT2D eigenvalue weighted by molar-refractivity contribution is 0.409. The summed E-state index contributed by atoms with van der Waals surface area (Å²) in [5.41, 5.74) is 4.94. The summed E-state index contributed by atoms with van der Waals surface area (Å²) in [5, 5.41) is 4.52. The Morgan fingerprint density at radius 2 is 2.25 bits per heavy atom. The van der Waals surface area contributed by atoms with Crippen molar-refractivity contribution in [2.45, 2.75) is 12.8 Å². The van der Waals surface area contributed by atoms with E-state index in [0.29, 0.717) is 0 Å². The minimum absolute atomic E-state index is 0.978. The molecule has 0 radical (unpaired) electrons. The van der Waals surface area contributed by atoms with Crippen LogP contribution in [0.25, 0.3) is 11.3 Å². The zero-order chi connectivity index (χ0) is 11.1. The first kappa shape index (κ1) is 10.1. The molecule has 0 unspecified atom stereocenters. The van der Waals surface area contributed by atoms with Gasteiger partial charge in [-0.25, -0.2) is 2.90 Å². The smallest absolute Gasteiger partial charge is 0.122 e. The normalized spacial score (nSPS) is 13.1. The van der Waals surface area contributed by atoms with Gasteiger partial charge in [-0.05, 0) is 24.5 Å². The van der Waals surface area contributed by atoms with Crippen LogP contribution < -0.4 is 4.74 Å². The van der Waals surface area contributed by atoms with Gasteiger partial charge in [-0.2, -0.15) is 5.10 Å². The Hall–Kier alpha value is -1.04. The monoisotopic (exact) mass is 326 g/mol. The van der Waals surface area contributed by atoms with Crippen LogP contribution in [0.15, 0.2) is 24.4 Å². The molecule has 0 spiro atoms. The molecule has 3 rings (SSSR count). The van der Waals surface area contributed by atoms with Crippen molar-refractivity contribution >= 4 is 22.9 Å². The highest BCUT2D eigenvalue weighted by Gasteiger charge is 2.21. The largest absolute Gasteiger partial charge is 0.496 e. The van der Waals surface area contributed by atoms with Crippen LogP contribution in [0.2, 0.25) is 0 Å². The van der Waals surface area contributed by atoms with Crippen LogP contribution in [0.5, 0.6) is 5.75 Å². The van der Waals surface area contributed by atoms with Gasteiger partial charge < -0.3 is 4.74 Å². The third-order valence-corrected chi connectivity index (χ3v) is 3.51. The summed E-state index contributed by atoms with van der Waals surface area (Å²) in [6.45, 7) is 0. The summed E-state index contributed by atoms with van der Waals surface area (Å²) in [6.07, 6.45) is 4.18. The molecule has 0 atom stereocenters. The second-order valence-corrected chi connectivity index (χ2v) is 4.87. The third kappa shape index (κ3) is 1.43. The highest BCUT2D eigenvalue weighted by Crippen LogP contribution is 2.37. The number of rotatable bonds is 1. The van der Waals surface area contributed by atoms with E-state index in [1.165, 1.54) is 16.7 Å². The van der Waals surface area contributed by atoms with Gasteiger partial charge in [-0.15, -0.1) is 0 Å². The number of aryl methyl sites for hydroxylation is 1. The predicted octanol–water partition coefficient (Wildman–Crippen LogP) is 2.86. The fraction of sp³-hybridized carbons (Fsp3) is 0.250. The Labute approximate surface area is 108 Å². The Balaban J connectivity index is 2.24. The second kappa shape index (κ2) is 3.76. The van der Waals surface area contributed by atoms with Crippen molar-refractivity contribution in [1.82, 2.24) is 7.99 Å². The van der Waals surface area contributed by atoms with Crippen LogP contribution in [0, 0.1) is 0 Å². The molecule has 0 amide bonds. The Bertz CT molecular complexity index is 548. The fourth-order valence-corrected chi connectivity index (χ4v) is 2.84. The van der Waals surface area contributed by atoms with E-state index in [0.717, 1.165) is 24.3 Å². The SMILES string of the molecule is COc1cccc2c1CCc1cn(I)nc1-2. The van der Waals surface area contributed by atoms with Crippen LogP contribution in [0.1, 0.15) is 11.1 Å². The molecule has 3 nitrogen and oxygen atoms in total. The van der Waals surface area contributed by atoms with Crippen molar-refractivity contribution in [2.24, 2.45) is 0 Å². The number of hydrogen-bond acceptors (Lipinski definition) is 2. The van der Waals surface area contributed by atoms with Crippen LogP contribution in [-0.4, -0.2) is 15.1 Å². The summed E-state index contributed by atoms with van der Waals surface area (Å²) < 4.78 is 7.26. The van der Waals surface area contributed by atoms with Crippen LogP contribution in [0.4, 0.5) is 0 Å². The van der Waals surface area contributed by atoms with Crippen molar-refractivity contribution in [3.8, 4) is 17.0 Å². The van der Waals surface area contributed by atoms with Crippen molar-refractivity contribution < 1.29 is 4.74 Å². The quantitative estimate of drug-likeness (QED) is 0.754. The molecule has 0 aliphatic heterocycles. The molecular weight excluding hydrogens is 315 g/mol. The molecule has 1 heterocycles. The molecule has 1 aromatic heterocycles. The molecule has 0 fully saturated rings. The van der Waals surface area contributed by atoms with Crippen LogP contribution >= 0.6 is 22.9 Å². The average molecular weight is 326 g/mol. The molecule has 1 aliphatic rings. The maximum Gasteiger partial charge on any atom is 0.122 e. The minimum atomic E-state index is 0.978. The van der Waals surface area contributed by atoms with E-state index < -0.39 is 0 Å². The standard InChI is InChI=1S/C12H11IN2O/c1-16-11-4-2-3-10-9(11)6-5-8-7-15(13)14-12(8)10/h2-4,7H,5-6H2,1H3. The number of halogens is 1. The molecule has 16 heavy (non-hydrogen) atoms. The van der Waals surface area contributed by atoms with E-state index in [4.69, 9.17) is 4.74 Å². The molecule has 82 valence electrons. The maximum atomic E-state index is 5.40. The van der Waals surface area contributed by atoms with Gasteiger partial charge in [0.25, 0.3) is 0 Å². The highest BCUT2D eigenvalue weighted by atomic mass is 127. The number of hydrogen-bond donors (Lipinski definition) is 0. The first-order valence-electron chi connectivity index (χ1n) is 5.20. The Kier molecular flexibility index (Phi) is 2.38. The molecule has 0 saturated carbocycles. The topological polar surface area (TPSA) is 27.1 Å². The number of aromatic nitrogens is 2. The van der Waals surface area contributed by atoms with E-state index in [1.54, 1.807) is 7.11 Å². The molecule has 1 aliphatic carbocycles. The molecule has 1 aromatic carbocycles. The van der Waals surface area contributed by atoms with Gasteiger partial charge in [0.05, 0.1) is 35.7 Å². The van der Waals surface area contributed by atoms with Crippen LogP contribution in [0.3, 0.4) is 0 Å². The number of methoxy groups -OCH3 is 1. The number of nitrogens with zero attached hydrogens (tertiary/aromatic N) is 2. The van der Waals surface area contributed by atoms with E-state index in [9.17, 15) is 0 Å². The zero-order valence-electron chi connectivity index (χ0n) is 8.90. The van der Waals surface area contributed by atoms with Gasteiger partial charge in [0, 0.05) is 17.3 Å². The maximum absolute atomic E-state index is 5.40. The first-order valence-corrected chi connectivity index (χ1v) is 6.17. The Morgan fingerprint density at radius 1 is 1.38 bits per heavy atom. The zero-order valence-corrected chi connectivity index (χ0v) is 11.1. The van der Waals surface area contributed by atoms with E-state index in [-0.39, 0.29) is 0 Å². The van der Waals surface area contributed by atoms with Gasteiger partial charge in [0.2, 0.25) is 0 Å². The van der Waals surface area contributed by atoms with E-state index in [2.05, 4.69) is 40.2 Å². The van der Waals surface area contributed by atoms with Gasteiger partial charge in [0.1, 0.15) is 5.75 Å². The minimum Gasteiger partial charge on any atom is -0.496 e. The summed E-state index contributed by atoms with van der Waals surface area (Å²) in [7, 11) is 1.72. The van der Waals surface area contributed by atoms with Crippen LogP contribution in [-0.2, 0) is 12.8 Å². The lowest BCUT2D eigenvalue weighted by Crippen LogP contribution is -2.04. The highest BCUT2D eigenvalue weighted by molar-refractivity contribution is 14.1. The van der Waals surface area contributed by atoms with Crippen molar-refractivity contribution in [1.29, 1.82) is 0 Å². The first-order chi connectivity index (χ1) is 7.79. The summed E-state index contributed by atoms with van der Waals surface area (Å²) in [4.78, 5) is 0. The summed E-state index contributed by atoms with van der Waals surface area (Å²) >= 11 is 2.19. The molecular formula is C12H11IN2O. The van der Waals surface area contributed by atoms with E-state index in [1.807, 2.05) is 15.0 Å². The van der Waals surface area contributed by atoms with Crippen molar-refractivity contribution in [3.63, 3.8) is 0 Å². The van der Waals surface area contributed by atoms with E-state index >= 15 is 0 Å². The lowest BCUT2D eigenvalue weighted by Gasteiger charge is -2.17. The number of benzene rings is 1. The Morgan fingerprint density at radius 3 is 3.06 bits per heavy atom. The van der Waals surface area contributed by atoms with Gasteiger partial charge in [0.15, 0.2) is 0 Å². The average Bonchev–Trinajstić information content (AvgIpc) is 2.69. The number of ether oxygens (including phenoxy) is 1. The lowest BCUT2D eigenvalue weighted by atomic mass is 9.90. The molecule has 2 aromatic rings. The van der Waals surface area contributed by atoms with Crippen molar-refractivity contribution in [3.05, 3.63) is 35.5 Å². The summed E-state index contributed by atoms with van der Waals surface area (Å²) in [5.74, 6) is 0.978. The number of fused-ring (bicyclic) bond motifs is 3. The summed E-state index contributed by atoms with van der Waals surface area (Å²) in [6, 6.07) is 6.17. The third-order valence-electron chi connectivity index (χ3n) is 3.01. The predicted molar refractivity (Wildman–Crippen MR) is 71.0 cm³/mol. The molecule has 0 N–H and O–H groups in total. The second-order valence-electron chi connectivity index (χ2n) is 3.88. The van der Waals surface area contributed by atoms with Crippen molar-refractivity contribution in [2.75, 3.05) is 7.11 Å². The van der Waals surface area contributed by atoms with Gasteiger partial charge in [-0.3, -0.25) is 0 Å². The van der Waals surface area contributed by atoms with Gasteiger partial charge >= 0.3 is 0 Å². The molecule has 0 saturated heterocycles. The molecule has 0 bridgehead atoms. The fourth-order valence-electron chi connectivity index (χ4n) is 2.28.